The monoisotopic (exact) mass is 364 g/mol. The lowest BCUT2D eigenvalue weighted by atomic mass is 9.26. The molecule has 0 saturated carbocycles. The summed E-state index contributed by atoms with van der Waals surface area (Å²) < 4.78 is 0. The Morgan fingerprint density at radius 2 is 1.23 bits per heavy atom. The molecule has 2 aromatic carbocycles. The minimum absolute atomic E-state index is 0.118. The lowest BCUT2D eigenvalue weighted by Gasteiger charge is -2.35. The van der Waals surface area contributed by atoms with E-state index < -0.39 is 0 Å². The second-order valence-corrected chi connectivity index (χ2v) is 9.68. The molecule has 0 heterocycles. The maximum Gasteiger partial charge on any atom is 0.216 e. The molecule has 0 nitrogen and oxygen atoms in total. The van der Waals surface area contributed by atoms with E-state index in [-0.39, 0.29) is 5.31 Å². The van der Waals surface area contributed by atoms with Gasteiger partial charge >= 0.3 is 0 Å². The van der Waals surface area contributed by atoms with E-state index in [2.05, 4.69) is 83.2 Å². The van der Waals surface area contributed by atoms with E-state index in [1.165, 1.54) is 55.3 Å². The minimum Gasteiger partial charge on any atom is -0.143 e. The Balaban J connectivity index is 3.01. The third-order valence-electron chi connectivity index (χ3n) is 6.51. The smallest absolute Gasteiger partial charge is 0.143 e. The van der Waals surface area contributed by atoms with Crippen LogP contribution in [-0.2, 0) is 0 Å². The molecule has 0 aliphatic rings. The van der Waals surface area contributed by atoms with Gasteiger partial charge in [0.15, 0.2) is 0 Å². The zero-order valence-corrected chi connectivity index (χ0v) is 19.5. The summed E-state index contributed by atoms with van der Waals surface area (Å²) in [4.78, 5) is 1.15. The fraction of sp³-hybridized carbons (Fsp3) is 0.478. The maximum absolute atomic E-state index is 4.89. The van der Waals surface area contributed by atoms with Gasteiger partial charge in [0.2, 0.25) is 6.71 Å². The zero-order chi connectivity index (χ0) is 20.1. The topological polar surface area (TPSA) is 0 Å². The van der Waals surface area contributed by atoms with Gasteiger partial charge in [-0.25, -0.2) is 0 Å². The number of aryl methyl sites for hydroxylation is 1. The van der Waals surface area contributed by atoms with E-state index in [0.29, 0.717) is 6.71 Å². The molecule has 0 spiro atoms. The molecule has 0 amide bonds. The van der Waals surface area contributed by atoms with Gasteiger partial charge < -0.3 is 0 Å². The molecule has 0 fully saturated rings. The van der Waals surface area contributed by atoms with Crippen LogP contribution >= 0.6 is 12.6 Å². The summed E-state index contributed by atoms with van der Waals surface area (Å²) in [6, 6.07) is 2.33. The Hall–Kier alpha value is -1.08. The van der Waals surface area contributed by atoms with Gasteiger partial charge in [-0.1, -0.05) is 65.2 Å². The van der Waals surface area contributed by atoms with Crippen molar-refractivity contribution >= 4 is 43.6 Å². The first-order valence-electron chi connectivity index (χ1n) is 9.67. The van der Waals surface area contributed by atoms with Gasteiger partial charge in [-0.3, -0.25) is 0 Å². The van der Waals surface area contributed by atoms with E-state index in [4.69, 9.17) is 12.6 Å². The third-order valence-corrected chi connectivity index (χ3v) is 7.18. The van der Waals surface area contributed by atoms with Crippen LogP contribution in [0.15, 0.2) is 11.0 Å². The average molecular weight is 364 g/mol. The highest BCUT2D eigenvalue weighted by Gasteiger charge is 2.37. The van der Waals surface area contributed by atoms with Crippen molar-refractivity contribution in [2.24, 2.45) is 0 Å². The number of hydrogen-bond donors (Lipinski definition) is 1. The predicted molar refractivity (Wildman–Crippen MR) is 126 cm³/mol. The van der Waals surface area contributed by atoms with Crippen LogP contribution in [0.4, 0.5) is 0 Å². The van der Waals surface area contributed by atoms with E-state index in [1.54, 1.807) is 0 Å². The SMILES string of the molecule is Bc1cc(C)c(C)c(B(c2c(C)c(C)c(C)c(S)c2C)C(C)(C)C)c1C. The van der Waals surface area contributed by atoms with Crippen molar-refractivity contribution in [3.8, 4) is 0 Å². The van der Waals surface area contributed by atoms with Crippen LogP contribution in [0.5, 0.6) is 0 Å². The normalized spacial score (nSPS) is 11.8. The molecule has 0 atom stereocenters. The second-order valence-electron chi connectivity index (χ2n) is 9.24. The van der Waals surface area contributed by atoms with Crippen molar-refractivity contribution < 1.29 is 0 Å². The van der Waals surface area contributed by atoms with Crippen molar-refractivity contribution in [3.05, 3.63) is 45.0 Å². The molecule has 2 rings (SSSR count). The first-order valence-corrected chi connectivity index (χ1v) is 10.1. The van der Waals surface area contributed by atoms with Gasteiger partial charge in [0, 0.05) is 4.90 Å². The van der Waals surface area contributed by atoms with Crippen molar-refractivity contribution in [1.29, 1.82) is 0 Å². The third kappa shape index (κ3) is 3.40. The number of hydrogen-bond acceptors (Lipinski definition) is 1. The summed E-state index contributed by atoms with van der Waals surface area (Å²) in [6.07, 6.45) is 0. The van der Waals surface area contributed by atoms with Crippen molar-refractivity contribution in [2.45, 2.75) is 79.4 Å². The summed E-state index contributed by atoms with van der Waals surface area (Å²) in [5.41, 5.74) is 14.1. The molecule has 26 heavy (non-hydrogen) atoms. The van der Waals surface area contributed by atoms with E-state index in [0.717, 1.165) is 4.90 Å². The van der Waals surface area contributed by atoms with Crippen LogP contribution in [0.3, 0.4) is 0 Å². The van der Waals surface area contributed by atoms with E-state index >= 15 is 0 Å². The van der Waals surface area contributed by atoms with Gasteiger partial charge in [-0.2, -0.15) is 0 Å². The van der Waals surface area contributed by atoms with Gasteiger partial charge in [0.25, 0.3) is 0 Å². The molecule has 2 aromatic rings. The summed E-state index contributed by atoms with van der Waals surface area (Å²) in [5.74, 6) is 0. The van der Waals surface area contributed by atoms with E-state index in [9.17, 15) is 0 Å². The summed E-state index contributed by atoms with van der Waals surface area (Å²) in [6.45, 7) is 23.3. The fourth-order valence-corrected chi connectivity index (χ4v) is 4.76. The molecule has 0 unspecified atom stereocenters. The van der Waals surface area contributed by atoms with Gasteiger partial charge in [0.1, 0.15) is 7.85 Å². The van der Waals surface area contributed by atoms with Crippen LogP contribution in [0.2, 0.25) is 5.31 Å². The Bertz CT molecular complexity index is 818. The second kappa shape index (κ2) is 7.15. The molecule has 0 N–H and O–H groups in total. The first kappa shape index (κ1) is 21.2. The van der Waals surface area contributed by atoms with Crippen LogP contribution < -0.4 is 16.4 Å². The summed E-state index contributed by atoms with van der Waals surface area (Å²) in [7, 11) is 2.25. The van der Waals surface area contributed by atoms with E-state index in [1.807, 2.05) is 0 Å². The molecule has 3 heteroatoms. The lowest BCUT2D eigenvalue weighted by Crippen LogP contribution is -2.54. The van der Waals surface area contributed by atoms with Crippen LogP contribution in [0, 0.1) is 48.5 Å². The van der Waals surface area contributed by atoms with Crippen molar-refractivity contribution in [3.63, 3.8) is 0 Å². The largest absolute Gasteiger partial charge is 0.216 e. The molecule has 0 saturated heterocycles. The Kier molecular flexibility index (Phi) is 5.84. The molecular formula is C23H34B2S. The summed E-state index contributed by atoms with van der Waals surface area (Å²) >= 11 is 4.89. The molecule has 0 radical (unpaired) electrons. The Labute approximate surface area is 168 Å². The predicted octanol–water partition coefficient (Wildman–Crippen LogP) is 3.80. The number of rotatable bonds is 2. The van der Waals surface area contributed by atoms with Crippen LogP contribution in [0.1, 0.15) is 59.7 Å². The quantitative estimate of drug-likeness (QED) is 0.608. The molecular weight excluding hydrogens is 330 g/mol. The molecule has 138 valence electrons. The number of benzene rings is 2. The van der Waals surface area contributed by atoms with Gasteiger partial charge in [0.05, 0.1) is 0 Å². The molecule has 0 aromatic heterocycles. The maximum atomic E-state index is 4.89. The number of thiol groups is 1. The standard InChI is InChI=1S/C23H34B2S/c1-12-11-19(24)17(6)20(13(12)2)25(23(8,9)10)21-15(4)14(3)16(5)22(26)18(21)7/h11,26H,24H2,1-10H3. The van der Waals surface area contributed by atoms with Crippen LogP contribution in [0.25, 0.3) is 0 Å². The highest BCUT2D eigenvalue weighted by atomic mass is 32.1. The molecule has 0 bridgehead atoms. The highest BCUT2D eigenvalue weighted by Crippen LogP contribution is 2.32. The Morgan fingerprint density at radius 1 is 0.731 bits per heavy atom. The molecule has 0 aliphatic heterocycles. The molecule has 0 aliphatic carbocycles. The zero-order valence-electron chi connectivity index (χ0n) is 18.6. The Morgan fingerprint density at radius 3 is 1.73 bits per heavy atom. The van der Waals surface area contributed by atoms with Crippen molar-refractivity contribution in [1.82, 2.24) is 0 Å². The van der Waals surface area contributed by atoms with Crippen LogP contribution in [-0.4, -0.2) is 14.6 Å². The van der Waals surface area contributed by atoms with Gasteiger partial charge in [-0.05, 0) is 70.7 Å². The minimum atomic E-state index is 0.118. The lowest BCUT2D eigenvalue weighted by molar-refractivity contribution is 0.749. The first-order chi connectivity index (χ1) is 11.8. The van der Waals surface area contributed by atoms with Gasteiger partial charge in [-0.15, -0.1) is 12.6 Å². The average Bonchev–Trinajstić information content (AvgIpc) is 2.54. The highest BCUT2D eigenvalue weighted by molar-refractivity contribution is 7.80. The van der Waals surface area contributed by atoms with Crippen molar-refractivity contribution in [2.75, 3.05) is 0 Å². The fourth-order valence-electron chi connectivity index (χ4n) is 4.47. The summed E-state index contributed by atoms with van der Waals surface area (Å²) in [5, 5.41) is 0.118.